The van der Waals surface area contributed by atoms with Crippen LogP contribution >= 0.6 is 11.3 Å². The summed E-state index contributed by atoms with van der Waals surface area (Å²) in [5.41, 5.74) is 0.802. The number of carbonyl (C=O) groups is 1. The summed E-state index contributed by atoms with van der Waals surface area (Å²) in [5.74, 6) is -0.922. The van der Waals surface area contributed by atoms with Crippen molar-refractivity contribution in [2.45, 2.75) is 6.61 Å². The zero-order valence-electron chi connectivity index (χ0n) is 7.43. The lowest BCUT2D eigenvalue weighted by Gasteiger charge is -1.89. The normalized spacial score (nSPS) is 10.9. The van der Waals surface area contributed by atoms with Gasteiger partial charge < -0.3 is 9.84 Å². The number of thiazole rings is 1. The van der Waals surface area contributed by atoms with Gasteiger partial charge in [0.15, 0.2) is 4.96 Å². The zero-order valence-corrected chi connectivity index (χ0v) is 8.24. The molecule has 2 aromatic rings. The van der Waals surface area contributed by atoms with Crippen LogP contribution in [0.5, 0.6) is 0 Å². The summed E-state index contributed by atoms with van der Waals surface area (Å²) in [6.45, 7) is 0.441. The van der Waals surface area contributed by atoms with Gasteiger partial charge in [0.2, 0.25) is 0 Å². The molecule has 0 saturated carbocycles. The lowest BCUT2D eigenvalue weighted by Crippen LogP contribution is -1.91. The van der Waals surface area contributed by atoms with E-state index < -0.39 is 5.97 Å². The number of methoxy groups -OCH3 is 1. The van der Waals surface area contributed by atoms with Crippen molar-refractivity contribution in [2.24, 2.45) is 0 Å². The fourth-order valence-electron chi connectivity index (χ4n) is 1.16. The molecule has 0 atom stereocenters. The lowest BCUT2D eigenvalue weighted by molar-refractivity contribution is 0.0702. The Kier molecular flexibility index (Phi) is 2.22. The third-order valence-corrected chi connectivity index (χ3v) is 2.69. The number of hydrogen-bond acceptors (Lipinski definition) is 4. The van der Waals surface area contributed by atoms with Crippen LogP contribution in [0.1, 0.15) is 15.4 Å². The molecule has 0 aliphatic heterocycles. The molecule has 74 valence electrons. The van der Waals surface area contributed by atoms with Crippen molar-refractivity contribution >= 4 is 22.3 Å². The number of nitrogens with zero attached hydrogens (tertiary/aromatic N) is 2. The maximum absolute atomic E-state index is 10.6. The second-order valence-electron chi connectivity index (χ2n) is 2.76. The first-order valence-electron chi connectivity index (χ1n) is 3.90. The van der Waals surface area contributed by atoms with E-state index in [-0.39, 0.29) is 4.88 Å². The molecule has 0 saturated heterocycles. The van der Waals surface area contributed by atoms with Crippen molar-refractivity contribution in [3.63, 3.8) is 0 Å². The van der Waals surface area contributed by atoms with Crippen molar-refractivity contribution in [2.75, 3.05) is 7.11 Å². The molecular weight excluding hydrogens is 204 g/mol. The average molecular weight is 212 g/mol. The Balaban J connectivity index is 2.40. The van der Waals surface area contributed by atoms with Crippen molar-refractivity contribution in [3.8, 4) is 0 Å². The highest BCUT2D eigenvalue weighted by Crippen LogP contribution is 2.17. The van der Waals surface area contributed by atoms with Crippen LogP contribution < -0.4 is 0 Å². The standard InChI is InChI=1S/C8H8N2O3S/c1-13-4-5-2-10-3-6(7(11)12)14-8(10)9-5/h2-3H,4H2,1H3,(H,11,12). The van der Waals surface area contributed by atoms with Crippen LogP contribution in [0.25, 0.3) is 4.96 Å². The molecule has 0 radical (unpaired) electrons. The predicted octanol–water partition coefficient (Wildman–Crippen LogP) is 1.24. The summed E-state index contributed by atoms with van der Waals surface area (Å²) in [4.78, 5) is 15.8. The molecule has 2 heterocycles. The molecule has 5 nitrogen and oxygen atoms in total. The number of carboxylic acid groups (broad SMARTS) is 1. The zero-order chi connectivity index (χ0) is 10.1. The number of carboxylic acids is 1. The topological polar surface area (TPSA) is 63.8 Å². The first-order chi connectivity index (χ1) is 6.70. The van der Waals surface area contributed by atoms with Gasteiger partial charge in [-0.3, -0.25) is 4.40 Å². The summed E-state index contributed by atoms with van der Waals surface area (Å²) in [6.07, 6.45) is 3.32. The maximum atomic E-state index is 10.6. The van der Waals surface area contributed by atoms with E-state index >= 15 is 0 Å². The lowest BCUT2D eigenvalue weighted by atomic mass is 10.5. The van der Waals surface area contributed by atoms with E-state index in [9.17, 15) is 4.79 Å². The Morgan fingerprint density at radius 1 is 1.71 bits per heavy atom. The average Bonchev–Trinajstić information content (AvgIpc) is 2.61. The largest absolute Gasteiger partial charge is 0.477 e. The van der Waals surface area contributed by atoms with E-state index in [0.29, 0.717) is 11.6 Å². The summed E-state index contributed by atoms with van der Waals surface area (Å²) in [7, 11) is 1.59. The van der Waals surface area contributed by atoms with E-state index in [1.165, 1.54) is 0 Å². The SMILES string of the molecule is COCc1cn2cc(C(=O)O)sc2n1. The van der Waals surface area contributed by atoms with Gasteiger partial charge in [-0.1, -0.05) is 11.3 Å². The van der Waals surface area contributed by atoms with Gasteiger partial charge in [-0.25, -0.2) is 9.78 Å². The summed E-state index contributed by atoms with van der Waals surface area (Å²) >= 11 is 1.15. The Morgan fingerprint density at radius 3 is 3.07 bits per heavy atom. The predicted molar refractivity (Wildman–Crippen MR) is 50.7 cm³/mol. The highest BCUT2D eigenvalue weighted by molar-refractivity contribution is 7.18. The van der Waals surface area contributed by atoms with Crippen molar-refractivity contribution < 1.29 is 14.6 Å². The fourth-order valence-corrected chi connectivity index (χ4v) is 1.98. The molecule has 0 spiro atoms. The summed E-state index contributed by atoms with van der Waals surface area (Å²) in [6, 6.07) is 0. The van der Waals surface area contributed by atoms with Crippen LogP contribution in [0.15, 0.2) is 12.4 Å². The highest BCUT2D eigenvalue weighted by Gasteiger charge is 2.10. The Hall–Kier alpha value is -1.40. The molecule has 6 heteroatoms. The number of imidazole rings is 1. The molecule has 14 heavy (non-hydrogen) atoms. The van der Waals surface area contributed by atoms with Gasteiger partial charge in [0.25, 0.3) is 0 Å². The quantitative estimate of drug-likeness (QED) is 0.831. The first kappa shape index (κ1) is 9.17. The second-order valence-corrected chi connectivity index (χ2v) is 3.76. The number of hydrogen-bond donors (Lipinski definition) is 1. The molecule has 0 unspecified atom stereocenters. The van der Waals surface area contributed by atoms with Gasteiger partial charge in [-0.15, -0.1) is 0 Å². The van der Waals surface area contributed by atoms with E-state index in [0.717, 1.165) is 17.0 Å². The van der Waals surface area contributed by atoms with E-state index in [2.05, 4.69) is 4.98 Å². The third-order valence-electron chi connectivity index (χ3n) is 1.71. The Morgan fingerprint density at radius 2 is 2.50 bits per heavy atom. The van der Waals surface area contributed by atoms with Gasteiger partial charge >= 0.3 is 5.97 Å². The van der Waals surface area contributed by atoms with Crippen molar-refractivity contribution in [1.82, 2.24) is 9.38 Å². The van der Waals surface area contributed by atoms with Gasteiger partial charge in [-0.05, 0) is 0 Å². The highest BCUT2D eigenvalue weighted by atomic mass is 32.1. The fraction of sp³-hybridized carbons (Fsp3) is 0.250. The molecule has 0 aliphatic rings. The molecule has 0 aromatic carbocycles. The minimum atomic E-state index is -0.922. The number of ether oxygens (including phenoxy) is 1. The summed E-state index contributed by atoms with van der Waals surface area (Å²) in [5, 5.41) is 8.72. The molecule has 0 aliphatic carbocycles. The van der Waals surface area contributed by atoms with Crippen LogP contribution in [-0.4, -0.2) is 27.6 Å². The van der Waals surface area contributed by atoms with Gasteiger partial charge in [0.1, 0.15) is 4.88 Å². The first-order valence-corrected chi connectivity index (χ1v) is 4.72. The van der Waals surface area contributed by atoms with Crippen LogP contribution in [0.4, 0.5) is 0 Å². The smallest absolute Gasteiger partial charge is 0.347 e. The van der Waals surface area contributed by atoms with Crippen LogP contribution in [0.3, 0.4) is 0 Å². The van der Waals surface area contributed by atoms with Gasteiger partial charge in [-0.2, -0.15) is 0 Å². The molecule has 2 aromatic heterocycles. The molecular formula is C8H8N2O3S. The molecule has 2 rings (SSSR count). The third kappa shape index (κ3) is 1.49. The second kappa shape index (κ2) is 3.39. The molecule has 1 N–H and O–H groups in total. The van der Waals surface area contributed by atoms with Crippen LogP contribution in [0.2, 0.25) is 0 Å². The summed E-state index contributed by atoms with van der Waals surface area (Å²) < 4.78 is 6.61. The van der Waals surface area contributed by atoms with Gasteiger partial charge in [0, 0.05) is 19.5 Å². The van der Waals surface area contributed by atoms with E-state index in [1.807, 2.05) is 0 Å². The van der Waals surface area contributed by atoms with Crippen molar-refractivity contribution in [1.29, 1.82) is 0 Å². The monoisotopic (exact) mass is 212 g/mol. The van der Waals surface area contributed by atoms with E-state index in [1.54, 1.807) is 23.9 Å². The molecule has 0 fully saturated rings. The van der Waals surface area contributed by atoms with Gasteiger partial charge in [0.05, 0.1) is 12.3 Å². The molecule has 0 bridgehead atoms. The Bertz CT molecular complexity index is 442. The maximum Gasteiger partial charge on any atom is 0.347 e. The number of aromatic nitrogens is 2. The van der Waals surface area contributed by atoms with Crippen molar-refractivity contribution in [3.05, 3.63) is 23.0 Å². The number of fused-ring (bicyclic) bond motifs is 1. The number of rotatable bonds is 3. The van der Waals surface area contributed by atoms with E-state index in [4.69, 9.17) is 9.84 Å². The number of aromatic carboxylic acids is 1. The Labute approximate surface area is 83.6 Å². The molecule has 0 amide bonds. The van der Waals surface area contributed by atoms with Crippen LogP contribution in [0, 0.1) is 0 Å². The van der Waals surface area contributed by atoms with Crippen LogP contribution in [-0.2, 0) is 11.3 Å². The minimum Gasteiger partial charge on any atom is -0.477 e. The minimum absolute atomic E-state index is 0.288.